The van der Waals surface area contributed by atoms with Gasteiger partial charge in [-0.2, -0.15) is 0 Å². The maximum absolute atomic E-state index is 5.56. The van der Waals surface area contributed by atoms with Crippen LogP contribution in [0.2, 0.25) is 0 Å². The molecule has 1 nitrogen and oxygen atoms in total. The molecule has 0 bridgehead atoms. The van der Waals surface area contributed by atoms with Crippen LogP contribution in [-0.4, -0.2) is 0 Å². The predicted octanol–water partition coefficient (Wildman–Crippen LogP) is 4.35. The summed E-state index contributed by atoms with van der Waals surface area (Å²) in [6, 6.07) is 0. The highest BCUT2D eigenvalue weighted by molar-refractivity contribution is 8.66. The van der Waals surface area contributed by atoms with Crippen LogP contribution >= 0.6 is 22.7 Å². The monoisotopic (exact) mass is 242 g/mol. The van der Waals surface area contributed by atoms with E-state index in [9.17, 15) is 0 Å². The Bertz CT molecular complexity index is 373. The predicted molar refractivity (Wildman–Crippen MR) is 72.0 cm³/mol. The molecule has 0 atom stereocenters. The van der Waals surface area contributed by atoms with E-state index < -0.39 is 0 Å². The van der Waals surface area contributed by atoms with Crippen molar-refractivity contribution in [2.75, 3.05) is 0 Å². The molecule has 0 aromatic heterocycles. The number of benzene rings is 1. The van der Waals surface area contributed by atoms with Gasteiger partial charge in [-0.15, -0.1) is 0 Å². The van der Waals surface area contributed by atoms with Gasteiger partial charge >= 0.3 is 0 Å². The highest BCUT2D eigenvalue weighted by atomic mass is 33.1. The SMILES string of the molecule is CCc1c(C)c(C)c(C)c(C)c1OSS. The molecule has 0 N–H and O–H groups in total. The summed E-state index contributed by atoms with van der Waals surface area (Å²) in [6.45, 7) is 10.8. The Labute approximate surface area is 102 Å². The van der Waals surface area contributed by atoms with Gasteiger partial charge in [0.05, 0.1) is 0 Å². The van der Waals surface area contributed by atoms with E-state index in [1.807, 2.05) is 0 Å². The van der Waals surface area contributed by atoms with Crippen LogP contribution in [-0.2, 0) is 6.42 Å². The Morgan fingerprint density at radius 1 is 1.00 bits per heavy atom. The molecule has 0 amide bonds. The zero-order valence-corrected chi connectivity index (χ0v) is 11.7. The lowest BCUT2D eigenvalue weighted by atomic mass is 9.92. The number of hydrogen-bond donors (Lipinski definition) is 1. The van der Waals surface area contributed by atoms with Crippen LogP contribution in [0.1, 0.15) is 34.7 Å². The van der Waals surface area contributed by atoms with E-state index in [1.165, 1.54) is 27.8 Å². The minimum atomic E-state index is 0.997. The van der Waals surface area contributed by atoms with Gasteiger partial charge in [0.15, 0.2) is 0 Å². The van der Waals surface area contributed by atoms with Gasteiger partial charge < -0.3 is 4.18 Å². The summed E-state index contributed by atoms with van der Waals surface area (Å²) < 4.78 is 5.56. The van der Waals surface area contributed by atoms with Crippen molar-refractivity contribution in [3.05, 3.63) is 27.8 Å². The van der Waals surface area contributed by atoms with Crippen LogP contribution in [0.3, 0.4) is 0 Å². The minimum Gasteiger partial charge on any atom is -0.414 e. The summed E-state index contributed by atoms with van der Waals surface area (Å²) in [4.78, 5) is 0. The van der Waals surface area contributed by atoms with Crippen molar-refractivity contribution in [1.82, 2.24) is 0 Å². The van der Waals surface area contributed by atoms with Crippen LogP contribution < -0.4 is 4.18 Å². The highest BCUT2D eigenvalue weighted by Gasteiger charge is 2.15. The second kappa shape index (κ2) is 5.17. The molecule has 0 saturated heterocycles. The van der Waals surface area contributed by atoms with Crippen molar-refractivity contribution in [2.45, 2.75) is 41.0 Å². The Balaban J connectivity index is 3.47. The van der Waals surface area contributed by atoms with Gasteiger partial charge in [-0.05, 0) is 61.9 Å². The molecule has 0 heterocycles. The molecule has 0 unspecified atom stereocenters. The Morgan fingerprint density at radius 2 is 1.53 bits per heavy atom. The van der Waals surface area contributed by atoms with E-state index >= 15 is 0 Å². The van der Waals surface area contributed by atoms with Crippen molar-refractivity contribution in [2.24, 2.45) is 0 Å². The highest BCUT2D eigenvalue weighted by Crippen LogP contribution is 2.35. The third kappa shape index (κ3) is 2.28. The molecular weight excluding hydrogens is 224 g/mol. The Kier molecular flexibility index (Phi) is 4.41. The summed E-state index contributed by atoms with van der Waals surface area (Å²) in [6.07, 6.45) is 0.997. The van der Waals surface area contributed by atoms with Crippen LogP contribution in [0.25, 0.3) is 0 Å². The normalized spacial score (nSPS) is 10.5. The van der Waals surface area contributed by atoms with Crippen molar-refractivity contribution >= 4 is 22.7 Å². The van der Waals surface area contributed by atoms with Gasteiger partial charge in [-0.1, -0.05) is 18.6 Å². The second-order valence-corrected chi connectivity index (χ2v) is 4.58. The molecule has 3 heteroatoms. The van der Waals surface area contributed by atoms with Gasteiger partial charge in [0, 0.05) is 0 Å². The molecule has 0 saturated carbocycles. The average molecular weight is 242 g/mol. The summed E-state index contributed by atoms with van der Waals surface area (Å²) >= 11 is 5.17. The number of hydrogen-bond acceptors (Lipinski definition) is 3. The summed E-state index contributed by atoms with van der Waals surface area (Å²) in [5.74, 6) is 0.998. The molecule has 1 aromatic carbocycles. The molecule has 1 rings (SSSR count). The zero-order chi connectivity index (χ0) is 11.6. The first-order chi connectivity index (χ1) is 7.04. The van der Waals surface area contributed by atoms with Gasteiger partial charge in [0.1, 0.15) is 16.8 Å². The summed E-state index contributed by atoms with van der Waals surface area (Å²) in [5, 5.41) is 0. The molecule has 0 radical (unpaired) electrons. The third-order valence-electron chi connectivity index (χ3n) is 3.23. The quantitative estimate of drug-likeness (QED) is 0.479. The van der Waals surface area contributed by atoms with Crippen molar-refractivity contribution in [1.29, 1.82) is 0 Å². The fourth-order valence-electron chi connectivity index (χ4n) is 1.93. The van der Waals surface area contributed by atoms with E-state index in [2.05, 4.69) is 46.3 Å². The first-order valence-corrected chi connectivity index (χ1v) is 6.91. The lowest BCUT2D eigenvalue weighted by Gasteiger charge is -2.18. The van der Waals surface area contributed by atoms with Crippen LogP contribution in [0, 0.1) is 27.7 Å². The summed E-state index contributed by atoms with van der Waals surface area (Å²) in [5.41, 5.74) is 6.58. The third-order valence-corrected chi connectivity index (χ3v) is 3.69. The smallest absolute Gasteiger partial charge is 0.145 e. The standard InChI is InChI=1S/C12H18OS2/c1-6-11-9(4)7(2)8(3)10(5)12(11)13-15-14/h14H,6H2,1-5H3. The summed E-state index contributed by atoms with van der Waals surface area (Å²) in [7, 11) is 0. The van der Waals surface area contributed by atoms with Crippen molar-refractivity contribution in [3.8, 4) is 5.75 Å². The maximum Gasteiger partial charge on any atom is 0.145 e. The molecule has 0 aliphatic rings. The average Bonchev–Trinajstić information content (AvgIpc) is 2.24. The molecule has 0 aliphatic carbocycles. The molecular formula is C12H18OS2. The van der Waals surface area contributed by atoms with E-state index in [1.54, 1.807) is 0 Å². The van der Waals surface area contributed by atoms with E-state index in [0.717, 1.165) is 23.2 Å². The van der Waals surface area contributed by atoms with E-state index in [4.69, 9.17) is 4.18 Å². The maximum atomic E-state index is 5.56. The first-order valence-electron chi connectivity index (χ1n) is 5.11. The molecule has 1 aromatic rings. The van der Waals surface area contributed by atoms with Crippen LogP contribution in [0.5, 0.6) is 5.75 Å². The fraction of sp³-hybridized carbons (Fsp3) is 0.500. The van der Waals surface area contributed by atoms with Crippen molar-refractivity contribution in [3.63, 3.8) is 0 Å². The van der Waals surface area contributed by atoms with E-state index in [0.29, 0.717) is 0 Å². The Hall–Kier alpha value is -0.280. The lowest BCUT2D eigenvalue weighted by molar-refractivity contribution is 0.635. The topological polar surface area (TPSA) is 9.23 Å². The molecule has 0 spiro atoms. The van der Waals surface area contributed by atoms with Crippen molar-refractivity contribution < 1.29 is 4.18 Å². The Morgan fingerprint density at radius 3 is 2.00 bits per heavy atom. The zero-order valence-electron chi connectivity index (χ0n) is 9.97. The van der Waals surface area contributed by atoms with Gasteiger partial charge in [0.25, 0.3) is 0 Å². The minimum absolute atomic E-state index is 0.997. The van der Waals surface area contributed by atoms with Crippen LogP contribution in [0.15, 0.2) is 0 Å². The molecule has 84 valence electrons. The molecule has 0 fully saturated rings. The lowest BCUT2D eigenvalue weighted by Crippen LogP contribution is -2.01. The molecule has 15 heavy (non-hydrogen) atoms. The number of thiol groups is 1. The van der Waals surface area contributed by atoms with Crippen LogP contribution in [0.4, 0.5) is 0 Å². The van der Waals surface area contributed by atoms with E-state index in [-0.39, 0.29) is 0 Å². The fourth-order valence-corrected chi connectivity index (χ4v) is 2.46. The molecule has 0 aliphatic heterocycles. The second-order valence-electron chi connectivity index (χ2n) is 3.82. The van der Waals surface area contributed by atoms with Gasteiger partial charge in [-0.3, -0.25) is 0 Å². The van der Waals surface area contributed by atoms with Gasteiger partial charge in [-0.25, -0.2) is 0 Å². The first kappa shape index (κ1) is 12.8. The largest absolute Gasteiger partial charge is 0.414 e. The number of rotatable bonds is 3. The van der Waals surface area contributed by atoms with Gasteiger partial charge in [0.2, 0.25) is 0 Å².